The Labute approximate surface area is 152 Å². The van der Waals surface area contributed by atoms with Crippen LogP contribution in [0.15, 0.2) is 42.7 Å². The summed E-state index contributed by atoms with van der Waals surface area (Å²) in [6.07, 6.45) is -1.47. The highest BCUT2D eigenvalue weighted by molar-refractivity contribution is 6.31. The zero-order valence-electron chi connectivity index (χ0n) is 13.4. The van der Waals surface area contributed by atoms with E-state index in [0.29, 0.717) is 30.3 Å². The molecule has 1 atom stereocenters. The first kappa shape index (κ1) is 18.3. The van der Waals surface area contributed by atoms with Gasteiger partial charge in [0.25, 0.3) is 5.91 Å². The smallest absolute Gasteiger partial charge is 0.487 e. The van der Waals surface area contributed by atoms with E-state index in [2.05, 4.69) is 9.72 Å². The summed E-state index contributed by atoms with van der Waals surface area (Å²) in [7, 11) is 0. The lowest BCUT2D eigenvalue weighted by Crippen LogP contribution is -2.31. The number of rotatable bonds is 4. The van der Waals surface area contributed by atoms with Crippen molar-refractivity contribution in [2.24, 2.45) is 0 Å². The van der Waals surface area contributed by atoms with Gasteiger partial charge in [-0.15, -0.1) is 13.2 Å². The lowest BCUT2D eigenvalue weighted by atomic mass is 10.2. The molecule has 2 heterocycles. The molecule has 0 saturated carbocycles. The van der Waals surface area contributed by atoms with E-state index in [1.807, 2.05) is 0 Å². The summed E-state index contributed by atoms with van der Waals surface area (Å²) in [5.74, 6) is -0.343. The summed E-state index contributed by atoms with van der Waals surface area (Å²) in [5, 5.41) is 0.370. The zero-order chi connectivity index (χ0) is 18.7. The first-order chi connectivity index (χ1) is 12.3. The number of amides is 1. The molecule has 3 rings (SSSR count). The molecule has 1 aromatic heterocycles. The Balaban J connectivity index is 1.64. The highest BCUT2D eigenvalue weighted by atomic mass is 35.5. The maximum Gasteiger partial charge on any atom is 0.573 e. The number of nitrogens with zero attached hydrogens (tertiary/aromatic N) is 2. The fraction of sp³-hybridized carbons (Fsp3) is 0.294. The third-order valence-corrected chi connectivity index (χ3v) is 4.06. The van der Waals surface area contributed by atoms with Crippen LogP contribution in [-0.4, -0.2) is 41.3 Å². The van der Waals surface area contributed by atoms with E-state index in [0.717, 1.165) is 12.1 Å². The summed E-state index contributed by atoms with van der Waals surface area (Å²) < 4.78 is 46.6. The van der Waals surface area contributed by atoms with Crippen LogP contribution in [0.1, 0.15) is 16.8 Å². The van der Waals surface area contributed by atoms with Crippen LogP contribution < -0.4 is 9.47 Å². The molecule has 1 unspecified atom stereocenters. The molecule has 5 nitrogen and oxygen atoms in total. The summed E-state index contributed by atoms with van der Waals surface area (Å²) in [6, 6.07) is 6.63. The van der Waals surface area contributed by atoms with Crippen LogP contribution in [0, 0.1) is 0 Å². The summed E-state index contributed by atoms with van der Waals surface area (Å²) >= 11 is 5.99. The second kappa shape index (κ2) is 7.41. The van der Waals surface area contributed by atoms with Crippen molar-refractivity contribution >= 4 is 17.5 Å². The fourth-order valence-electron chi connectivity index (χ4n) is 2.66. The van der Waals surface area contributed by atoms with Crippen molar-refractivity contribution in [3.8, 4) is 11.5 Å². The Kier molecular flexibility index (Phi) is 5.22. The molecule has 1 amide bonds. The number of aromatic nitrogens is 1. The van der Waals surface area contributed by atoms with Crippen LogP contribution in [0.5, 0.6) is 11.5 Å². The number of benzene rings is 1. The molecule has 1 aliphatic heterocycles. The molecule has 1 saturated heterocycles. The maximum absolute atomic E-state index is 12.5. The number of carbonyl (C=O) groups excluding carboxylic acids is 1. The molecular weight excluding hydrogens is 373 g/mol. The van der Waals surface area contributed by atoms with E-state index in [4.69, 9.17) is 16.3 Å². The monoisotopic (exact) mass is 386 g/mol. The van der Waals surface area contributed by atoms with E-state index in [1.165, 1.54) is 23.2 Å². The highest BCUT2D eigenvalue weighted by Crippen LogP contribution is 2.27. The topological polar surface area (TPSA) is 51.7 Å². The molecule has 0 N–H and O–H groups in total. The molecule has 9 heteroatoms. The number of alkyl halides is 3. The normalized spacial score (nSPS) is 17.2. The molecule has 138 valence electrons. The lowest BCUT2D eigenvalue weighted by molar-refractivity contribution is -0.274. The minimum absolute atomic E-state index is 0.120. The van der Waals surface area contributed by atoms with Crippen molar-refractivity contribution in [3.05, 3.63) is 53.3 Å². The van der Waals surface area contributed by atoms with Gasteiger partial charge < -0.3 is 14.4 Å². The quantitative estimate of drug-likeness (QED) is 0.799. The third kappa shape index (κ3) is 4.57. The molecular formula is C17H14ClF3N2O3. The standard InChI is InChI=1S/C17H14ClF3N2O3/c18-14-9-22-6-4-15(14)25-13-5-7-23(10-13)16(24)11-2-1-3-12(8-11)26-17(19,20)21/h1-4,6,8-9,13H,5,7,10H2. The minimum Gasteiger partial charge on any atom is -0.487 e. The average molecular weight is 387 g/mol. The third-order valence-electron chi connectivity index (χ3n) is 3.78. The number of pyridine rings is 1. The second-order valence-corrected chi connectivity index (χ2v) is 6.07. The molecule has 0 spiro atoms. The number of hydrogen-bond acceptors (Lipinski definition) is 4. The molecule has 1 aromatic carbocycles. The van der Waals surface area contributed by atoms with E-state index in [-0.39, 0.29) is 17.6 Å². The van der Waals surface area contributed by atoms with Crippen LogP contribution in [-0.2, 0) is 0 Å². The Morgan fingerprint density at radius 1 is 1.31 bits per heavy atom. The van der Waals surface area contributed by atoms with Crippen molar-refractivity contribution in [1.82, 2.24) is 9.88 Å². The van der Waals surface area contributed by atoms with Gasteiger partial charge in [0.1, 0.15) is 22.6 Å². The maximum atomic E-state index is 12.5. The molecule has 1 aliphatic rings. The molecule has 1 fully saturated rings. The number of halogens is 4. The lowest BCUT2D eigenvalue weighted by Gasteiger charge is -2.18. The van der Waals surface area contributed by atoms with Gasteiger partial charge in [-0.25, -0.2) is 0 Å². The Morgan fingerprint density at radius 2 is 2.12 bits per heavy atom. The number of likely N-dealkylation sites (tertiary alicyclic amines) is 1. The van der Waals surface area contributed by atoms with Crippen molar-refractivity contribution in [2.75, 3.05) is 13.1 Å². The van der Waals surface area contributed by atoms with Crippen LogP contribution >= 0.6 is 11.6 Å². The van der Waals surface area contributed by atoms with Crippen LogP contribution in [0.3, 0.4) is 0 Å². The number of hydrogen-bond donors (Lipinski definition) is 0. The molecule has 2 aromatic rings. The van der Waals surface area contributed by atoms with Crippen molar-refractivity contribution in [2.45, 2.75) is 18.9 Å². The molecule has 0 radical (unpaired) electrons. The average Bonchev–Trinajstić information content (AvgIpc) is 3.03. The fourth-order valence-corrected chi connectivity index (χ4v) is 2.82. The molecule has 0 bridgehead atoms. The van der Waals surface area contributed by atoms with Crippen molar-refractivity contribution in [3.63, 3.8) is 0 Å². The van der Waals surface area contributed by atoms with Gasteiger partial charge >= 0.3 is 6.36 Å². The molecule has 26 heavy (non-hydrogen) atoms. The number of ether oxygens (including phenoxy) is 2. The van der Waals surface area contributed by atoms with Gasteiger partial charge in [-0.05, 0) is 18.2 Å². The highest BCUT2D eigenvalue weighted by Gasteiger charge is 2.32. The van der Waals surface area contributed by atoms with E-state index >= 15 is 0 Å². The predicted molar refractivity (Wildman–Crippen MR) is 87.3 cm³/mol. The van der Waals surface area contributed by atoms with Crippen LogP contribution in [0.4, 0.5) is 13.2 Å². The first-order valence-corrected chi connectivity index (χ1v) is 8.11. The number of carbonyl (C=O) groups is 1. The summed E-state index contributed by atoms with van der Waals surface area (Å²) in [6.45, 7) is 0.735. The Hall–Kier alpha value is -2.48. The van der Waals surface area contributed by atoms with Crippen molar-refractivity contribution < 1.29 is 27.4 Å². The van der Waals surface area contributed by atoms with Gasteiger partial charge in [-0.3, -0.25) is 9.78 Å². The first-order valence-electron chi connectivity index (χ1n) is 7.73. The van der Waals surface area contributed by atoms with Crippen LogP contribution in [0.2, 0.25) is 5.02 Å². The van der Waals surface area contributed by atoms with Gasteiger partial charge in [-0.2, -0.15) is 0 Å². The van der Waals surface area contributed by atoms with Gasteiger partial charge in [-0.1, -0.05) is 17.7 Å². The van der Waals surface area contributed by atoms with Gasteiger partial charge in [0, 0.05) is 37.0 Å². The largest absolute Gasteiger partial charge is 0.573 e. The van der Waals surface area contributed by atoms with E-state index in [1.54, 1.807) is 12.3 Å². The van der Waals surface area contributed by atoms with Gasteiger partial charge in [0.05, 0.1) is 6.54 Å². The van der Waals surface area contributed by atoms with Gasteiger partial charge in [0.2, 0.25) is 0 Å². The SMILES string of the molecule is O=C(c1cccc(OC(F)(F)F)c1)N1CCC(Oc2ccncc2Cl)C1. The van der Waals surface area contributed by atoms with E-state index < -0.39 is 12.1 Å². The van der Waals surface area contributed by atoms with Gasteiger partial charge in [0.15, 0.2) is 0 Å². The predicted octanol–water partition coefficient (Wildman–Crippen LogP) is 3.93. The van der Waals surface area contributed by atoms with E-state index in [9.17, 15) is 18.0 Å². The van der Waals surface area contributed by atoms with Crippen molar-refractivity contribution in [1.29, 1.82) is 0 Å². The summed E-state index contributed by atoms with van der Waals surface area (Å²) in [5.41, 5.74) is 0.120. The zero-order valence-corrected chi connectivity index (χ0v) is 14.1. The Morgan fingerprint density at radius 3 is 2.85 bits per heavy atom. The van der Waals surface area contributed by atoms with Crippen LogP contribution in [0.25, 0.3) is 0 Å². The summed E-state index contributed by atoms with van der Waals surface area (Å²) in [4.78, 5) is 17.9. The minimum atomic E-state index is -4.81. The Bertz CT molecular complexity index is 801. The second-order valence-electron chi connectivity index (χ2n) is 5.66. The molecule has 0 aliphatic carbocycles.